The Morgan fingerprint density at radius 1 is 0.589 bits per heavy atom. The van der Waals surface area contributed by atoms with Crippen LogP contribution in [0.1, 0.15) is 56.3 Å². The van der Waals surface area contributed by atoms with Gasteiger partial charge in [0.25, 0.3) is 12.4 Å². The molecule has 0 aliphatic heterocycles. The predicted molar refractivity (Wildman–Crippen MR) is 209 cm³/mol. The van der Waals surface area contributed by atoms with E-state index in [-0.39, 0.29) is 58.8 Å². The summed E-state index contributed by atoms with van der Waals surface area (Å²) in [6, 6.07) is 3.25. The monoisotopic (exact) mass is 795 g/mol. The van der Waals surface area contributed by atoms with Gasteiger partial charge in [0, 0.05) is 38.2 Å². The van der Waals surface area contributed by atoms with Crippen LogP contribution in [0, 0.1) is 30.6 Å². The molecule has 0 spiro atoms. The molecule has 1 amide bonds. The average molecular weight is 796 g/mol. The average Bonchev–Trinajstić information content (AvgIpc) is 3.19. The summed E-state index contributed by atoms with van der Waals surface area (Å²) in [5, 5.41) is 2.97. The maximum Gasteiger partial charge on any atom is 0.293 e. The van der Waals surface area contributed by atoms with E-state index in [1.807, 2.05) is 0 Å². The molecule has 15 nitrogen and oxygen atoms in total. The van der Waals surface area contributed by atoms with Crippen LogP contribution in [0.2, 0.25) is 0 Å². The van der Waals surface area contributed by atoms with Crippen LogP contribution in [-0.2, 0) is 47.4 Å². The number of carbonyl (C=O) groups excluding carboxylic acids is 2. The van der Waals surface area contributed by atoms with Gasteiger partial charge >= 0.3 is 0 Å². The Bertz CT molecular complexity index is 1120. The third kappa shape index (κ3) is 29.6. The Labute approximate surface area is 333 Å². The number of carbonyl (C=O) groups is 2. The minimum absolute atomic E-state index is 0.157. The topological polar surface area (TPSA) is 157 Å². The molecule has 0 atom stereocenters. The molecule has 15 heteroatoms. The number of nitrogens with one attached hydrogen (secondary N) is 1. The fourth-order valence-corrected chi connectivity index (χ4v) is 4.38. The SMILES string of the molecule is C#CCCCOCCOCCOCCOc1cc(C(=O)NCCC(C)C)cc(OCCOCCOCCOCCCC#C)c1OCCOCCOCCOC=O. The number of amides is 1. The zero-order valence-electron chi connectivity index (χ0n) is 33.6. The highest BCUT2D eigenvalue weighted by Crippen LogP contribution is 2.39. The van der Waals surface area contributed by atoms with Gasteiger partial charge in [-0.3, -0.25) is 9.59 Å². The molecular formula is C41H65NO14. The van der Waals surface area contributed by atoms with Gasteiger partial charge in [-0.1, -0.05) is 13.8 Å². The molecule has 0 aliphatic rings. The molecule has 1 aromatic carbocycles. The third-order valence-electron chi connectivity index (χ3n) is 7.23. The maximum absolute atomic E-state index is 13.2. The predicted octanol–water partition coefficient (Wildman–Crippen LogP) is 3.73. The quantitative estimate of drug-likeness (QED) is 0.0581. The van der Waals surface area contributed by atoms with Crippen molar-refractivity contribution >= 4 is 12.4 Å². The van der Waals surface area contributed by atoms with Gasteiger partial charge in [-0.2, -0.15) is 0 Å². The van der Waals surface area contributed by atoms with Crippen LogP contribution in [0.25, 0.3) is 0 Å². The fourth-order valence-electron chi connectivity index (χ4n) is 4.38. The Morgan fingerprint density at radius 3 is 1.36 bits per heavy atom. The number of hydrogen-bond acceptors (Lipinski definition) is 14. The lowest BCUT2D eigenvalue weighted by Crippen LogP contribution is -2.25. The molecule has 0 saturated heterocycles. The molecule has 0 heterocycles. The first kappa shape index (κ1) is 50.4. The summed E-state index contributed by atoms with van der Waals surface area (Å²) in [4.78, 5) is 23.5. The van der Waals surface area contributed by atoms with Crippen LogP contribution in [0.3, 0.4) is 0 Å². The second-order valence-corrected chi connectivity index (χ2v) is 12.3. The number of hydrogen-bond donors (Lipinski definition) is 1. The van der Waals surface area contributed by atoms with Crippen LogP contribution in [0.5, 0.6) is 17.2 Å². The summed E-state index contributed by atoms with van der Waals surface area (Å²) in [5.74, 6) is 6.27. The van der Waals surface area contributed by atoms with Crippen molar-refractivity contribution in [3.05, 3.63) is 17.7 Å². The lowest BCUT2D eigenvalue weighted by atomic mass is 10.1. The van der Waals surface area contributed by atoms with Gasteiger partial charge < -0.3 is 62.2 Å². The summed E-state index contributed by atoms with van der Waals surface area (Å²) in [6.45, 7) is 12.1. The normalized spacial score (nSPS) is 10.9. The van der Waals surface area contributed by atoms with Crippen molar-refractivity contribution in [3.8, 4) is 41.9 Å². The number of benzene rings is 1. The van der Waals surface area contributed by atoms with Crippen LogP contribution in [0.4, 0.5) is 0 Å². The van der Waals surface area contributed by atoms with Gasteiger partial charge in [-0.15, -0.1) is 24.7 Å². The Hall–Kier alpha value is -3.64. The van der Waals surface area contributed by atoms with Crippen LogP contribution in [0.15, 0.2) is 12.1 Å². The van der Waals surface area contributed by atoms with Gasteiger partial charge in [0.05, 0.1) is 92.5 Å². The Balaban J connectivity index is 2.80. The summed E-state index contributed by atoms with van der Waals surface area (Å²) < 4.78 is 67.4. The van der Waals surface area contributed by atoms with Crippen molar-refractivity contribution in [2.24, 2.45) is 5.92 Å². The first-order chi connectivity index (χ1) is 27.5. The van der Waals surface area contributed by atoms with E-state index in [1.54, 1.807) is 12.1 Å². The fraction of sp³-hybridized carbons (Fsp3) is 0.707. The summed E-state index contributed by atoms with van der Waals surface area (Å²) in [5.41, 5.74) is 0.352. The van der Waals surface area contributed by atoms with Crippen molar-refractivity contribution in [1.29, 1.82) is 0 Å². The van der Waals surface area contributed by atoms with E-state index >= 15 is 0 Å². The van der Waals surface area contributed by atoms with E-state index in [0.29, 0.717) is 134 Å². The molecule has 0 radical (unpaired) electrons. The second kappa shape index (κ2) is 38.2. The Kier molecular flexibility index (Phi) is 34.4. The number of unbranched alkanes of at least 4 members (excludes halogenated alkanes) is 2. The Morgan fingerprint density at radius 2 is 0.964 bits per heavy atom. The van der Waals surface area contributed by atoms with E-state index in [4.69, 9.17) is 65.0 Å². The maximum atomic E-state index is 13.2. The van der Waals surface area contributed by atoms with Gasteiger partial charge in [0.1, 0.15) is 26.4 Å². The molecule has 1 aromatic rings. The van der Waals surface area contributed by atoms with Gasteiger partial charge in [0.2, 0.25) is 5.75 Å². The van der Waals surface area contributed by atoms with Gasteiger partial charge in [-0.25, -0.2) is 0 Å². The third-order valence-corrected chi connectivity index (χ3v) is 7.23. The highest BCUT2D eigenvalue weighted by atomic mass is 16.6. The highest BCUT2D eigenvalue weighted by Gasteiger charge is 2.19. The summed E-state index contributed by atoms with van der Waals surface area (Å²) in [7, 11) is 0. The highest BCUT2D eigenvalue weighted by molar-refractivity contribution is 5.95. The summed E-state index contributed by atoms with van der Waals surface area (Å²) >= 11 is 0. The molecule has 1 rings (SSSR count). The van der Waals surface area contributed by atoms with Gasteiger partial charge in [-0.05, 0) is 37.3 Å². The minimum Gasteiger partial charge on any atom is -0.487 e. The smallest absolute Gasteiger partial charge is 0.293 e. The number of ether oxygens (including phenoxy) is 12. The van der Waals surface area contributed by atoms with Crippen molar-refractivity contribution in [3.63, 3.8) is 0 Å². The van der Waals surface area contributed by atoms with Crippen LogP contribution < -0.4 is 19.5 Å². The lowest BCUT2D eigenvalue weighted by molar-refractivity contribution is -0.130. The standard InChI is InChI=1S/C41H65NO14/c1-5-7-9-13-45-15-17-47-19-22-50-27-30-54-38-33-37(41(44)42-12-11-36(3)4)34-39(40(38)56-32-29-52-24-21-49-25-26-53-35-43)55-31-28-51-23-20-48-18-16-46-14-10-8-6-2/h1-2,33-36H,7-32H2,3-4H3,(H,42,44). The molecule has 0 bridgehead atoms. The molecule has 318 valence electrons. The molecule has 1 N–H and O–H groups in total. The zero-order chi connectivity index (χ0) is 40.6. The van der Waals surface area contributed by atoms with Crippen molar-refractivity contribution in [2.45, 2.75) is 46.0 Å². The molecule has 0 fully saturated rings. The van der Waals surface area contributed by atoms with Crippen molar-refractivity contribution in [2.75, 3.05) is 139 Å². The molecule has 0 saturated carbocycles. The number of terminal acetylenes is 2. The molecule has 56 heavy (non-hydrogen) atoms. The van der Waals surface area contributed by atoms with E-state index < -0.39 is 0 Å². The molecule has 0 aromatic heterocycles. The minimum atomic E-state index is -0.268. The van der Waals surface area contributed by atoms with Crippen LogP contribution in [-0.4, -0.2) is 151 Å². The molecule has 0 aliphatic carbocycles. The van der Waals surface area contributed by atoms with Crippen molar-refractivity contribution < 1.29 is 66.4 Å². The van der Waals surface area contributed by atoms with Crippen molar-refractivity contribution in [1.82, 2.24) is 5.32 Å². The lowest BCUT2D eigenvalue weighted by Gasteiger charge is -2.19. The van der Waals surface area contributed by atoms with Crippen LogP contribution >= 0.6 is 0 Å². The van der Waals surface area contributed by atoms with E-state index in [9.17, 15) is 9.59 Å². The zero-order valence-corrected chi connectivity index (χ0v) is 33.6. The first-order valence-corrected chi connectivity index (χ1v) is 19.4. The first-order valence-electron chi connectivity index (χ1n) is 19.4. The number of rotatable bonds is 41. The van der Waals surface area contributed by atoms with E-state index in [1.165, 1.54) is 0 Å². The summed E-state index contributed by atoms with van der Waals surface area (Å²) in [6.07, 6.45) is 14.4. The van der Waals surface area contributed by atoms with E-state index in [2.05, 4.69) is 35.7 Å². The molecular weight excluding hydrogens is 730 g/mol. The largest absolute Gasteiger partial charge is 0.487 e. The van der Waals surface area contributed by atoms with Gasteiger partial charge in [0.15, 0.2) is 11.5 Å². The molecule has 0 unspecified atom stereocenters. The second-order valence-electron chi connectivity index (χ2n) is 12.3. The van der Waals surface area contributed by atoms with E-state index in [0.717, 1.165) is 19.3 Å².